The Morgan fingerprint density at radius 1 is 0.900 bits per heavy atom. The number of hydrogen-bond acceptors (Lipinski definition) is 2. The minimum absolute atomic E-state index is 0.723. The Hall–Kier alpha value is -0.0800. The Labute approximate surface area is 63.8 Å². The summed E-state index contributed by atoms with van der Waals surface area (Å²) < 4.78 is 0. The molecular weight excluding hydrogens is 124 g/mol. The van der Waals surface area contributed by atoms with Crippen LogP contribution in [0.1, 0.15) is 13.8 Å². The van der Waals surface area contributed by atoms with E-state index in [1.54, 1.807) is 0 Å². The highest BCUT2D eigenvalue weighted by atomic mass is 15.3. The fourth-order valence-corrected chi connectivity index (χ4v) is 1.47. The van der Waals surface area contributed by atoms with E-state index in [0.717, 1.165) is 12.1 Å². The minimum Gasteiger partial charge on any atom is -0.301 e. The first kappa shape index (κ1) is 8.02. The molecule has 1 heterocycles. The van der Waals surface area contributed by atoms with Crippen molar-refractivity contribution in [1.29, 1.82) is 0 Å². The highest BCUT2D eigenvalue weighted by Crippen LogP contribution is 2.09. The van der Waals surface area contributed by atoms with Gasteiger partial charge in [-0.05, 0) is 27.9 Å². The van der Waals surface area contributed by atoms with Crippen molar-refractivity contribution in [1.82, 2.24) is 9.80 Å². The van der Waals surface area contributed by atoms with Crippen LogP contribution in [0.5, 0.6) is 0 Å². The Kier molecular flexibility index (Phi) is 2.32. The Morgan fingerprint density at radius 2 is 1.20 bits per heavy atom. The molecule has 60 valence electrons. The van der Waals surface area contributed by atoms with E-state index in [1.807, 2.05) is 0 Å². The van der Waals surface area contributed by atoms with Crippen molar-refractivity contribution in [3.63, 3.8) is 0 Å². The lowest BCUT2D eigenvalue weighted by Crippen LogP contribution is -2.53. The number of likely N-dealkylation sites (N-methyl/N-ethyl adjacent to an activating group) is 2. The van der Waals surface area contributed by atoms with Crippen molar-refractivity contribution in [2.45, 2.75) is 25.9 Å². The molecule has 1 fully saturated rings. The molecule has 0 unspecified atom stereocenters. The zero-order chi connectivity index (χ0) is 7.72. The zero-order valence-corrected chi connectivity index (χ0v) is 7.46. The van der Waals surface area contributed by atoms with Gasteiger partial charge >= 0.3 is 0 Å². The van der Waals surface area contributed by atoms with Gasteiger partial charge in [0.25, 0.3) is 0 Å². The Bertz CT molecular complexity index is 87.8. The van der Waals surface area contributed by atoms with Crippen LogP contribution in [0.15, 0.2) is 0 Å². The molecule has 0 radical (unpaired) electrons. The lowest BCUT2D eigenvalue weighted by atomic mass is 10.1. The van der Waals surface area contributed by atoms with E-state index in [1.165, 1.54) is 13.1 Å². The van der Waals surface area contributed by atoms with E-state index in [4.69, 9.17) is 0 Å². The molecule has 0 N–H and O–H groups in total. The second-order valence-corrected chi connectivity index (χ2v) is 3.58. The summed E-state index contributed by atoms with van der Waals surface area (Å²) in [4.78, 5) is 4.84. The molecule has 2 nitrogen and oxygen atoms in total. The largest absolute Gasteiger partial charge is 0.301 e. The first-order valence-corrected chi connectivity index (χ1v) is 4.01. The molecular formula is C8H18N2. The van der Waals surface area contributed by atoms with Gasteiger partial charge in [-0.25, -0.2) is 0 Å². The molecule has 0 bridgehead atoms. The smallest absolute Gasteiger partial charge is 0.0192 e. The summed E-state index contributed by atoms with van der Waals surface area (Å²) in [5.74, 6) is 0. The van der Waals surface area contributed by atoms with Gasteiger partial charge in [-0.1, -0.05) is 0 Å². The molecule has 2 atom stereocenters. The lowest BCUT2D eigenvalue weighted by molar-refractivity contribution is 0.0803. The molecule has 1 aliphatic rings. The van der Waals surface area contributed by atoms with E-state index in [0.29, 0.717) is 0 Å². The molecule has 0 aromatic carbocycles. The fourth-order valence-electron chi connectivity index (χ4n) is 1.47. The van der Waals surface area contributed by atoms with Crippen LogP contribution in [-0.4, -0.2) is 49.1 Å². The van der Waals surface area contributed by atoms with Crippen molar-refractivity contribution in [3.05, 3.63) is 0 Å². The monoisotopic (exact) mass is 142 g/mol. The quantitative estimate of drug-likeness (QED) is 0.490. The van der Waals surface area contributed by atoms with Crippen LogP contribution in [0, 0.1) is 0 Å². The third-order valence-electron chi connectivity index (χ3n) is 2.61. The Balaban J connectivity index is 2.46. The van der Waals surface area contributed by atoms with E-state index in [-0.39, 0.29) is 0 Å². The molecule has 2 heteroatoms. The number of rotatable bonds is 0. The summed E-state index contributed by atoms with van der Waals surface area (Å²) in [6.45, 7) is 6.97. The lowest BCUT2D eigenvalue weighted by Gasteiger charge is -2.40. The summed E-state index contributed by atoms with van der Waals surface area (Å²) in [6.07, 6.45) is 0. The standard InChI is InChI=1S/C8H18N2/c1-7-5-10(4)8(2)6-9(7)3/h7-8H,5-6H2,1-4H3/t7-,8+. The second-order valence-electron chi connectivity index (χ2n) is 3.58. The van der Waals surface area contributed by atoms with Crippen LogP contribution in [0.3, 0.4) is 0 Å². The third kappa shape index (κ3) is 1.50. The van der Waals surface area contributed by atoms with Gasteiger partial charge in [-0.3, -0.25) is 0 Å². The van der Waals surface area contributed by atoms with Gasteiger partial charge in [-0.2, -0.15) is 0 Å². The van der Waals surface area contributed by atoms with Crippen molar-refractivity contribution >= 4 is 0 Å². The second kappa shape index (κ2) is 2.89. The molecule has 10 heavy (non-hydrogen) atoms. The number of nitrogens with zero attached hydrogens (tertiary/aromatic N) is 2. The fraction of sp³-hybridized carbons (Fsp3) is 1.00. The van der Waals surface area contributed by atoms with Crippen LogP contribution in [0.2, 0.25) is 0 Å². The molecule has 1 saturated heterocycles. The van der Waals surface area contributed by atoms with E-state index in [9.17, 15) is 0 Å². The van der Waals surface area contributed by atoms with Gasteiger partial charge in [0.2, 0.25) is 0 Å². The molecule has 1 rings (SSSR count). The van der Waals surface area contributed by atoms with Gasteiger partial charge in [-0.15, -0.1) is 0 Å². The van der Waals surface area contributed by atoms with Crippen LogP contribution in [-0.2, 0) is 0 Å². The number of hydrogen-bond donors (Lipinski definition) is 0. The first-order chi connectivity index (χ1) is 4.61. The molecule has 1 aliphatic heterocycles. The maximum Gasteiger partial charge on any atom is 0.0192 e. The minimum atomic E-state index is 0.723. The molecule has 0 aliphatic carbocycles. The average molecular weight is 142 g/mol. The van der Waals surface area contributed by atoms with Crippen LogP contribution >= 0.6 is 0 Å². The topological polar surface area (TPSA) is 6.48 Å². The SMILES string of the molecule is C[C@@H]1CN(C)[C@@H](C)CN1C. The molecule has 0 saturated carbocycles. The maximum atomic E-state index is 2.42. The van der Waals surface area contributed by atoms with Gasteiger partial charge in [0.1, 0.15) is 0 Å². The van der Waals surface area contributed by atoms with Crippen molar-refractivity contribution in [3.8, 4) is 0 Å². The Morgan fingerprint density at radius 3 is 1.50 bits per heavy atom. The summed E-state index contributed by atoms with van der Waals surface area (Å²) in [5.41, 5.74) is 0. The van der Waals surface area contributed by atoms with Gasteiger partial charge in [0.05, 0.1) is 0 Å². The van der Waals surface area contributed by atoms with Crippen molar-refractivity contribution < 1.29 is 0 Å². The molecule has 0 spiro atoms. The van der Waals surface area contributed by atoms with E-state index < -0.39 is 0 Å². The summed E-state index contributed by atoms with van der Waals surface area (Å²) in [6, 6.07) is 1.45. The number of piperazine rings is 1. The molecule has 0 aromatic rings. The highest BCUT2D eigenvalue weighted by molar-refractivity contribution is 4.79. The van der Waals surface area contributed by atoms with E-state index in [2.05, 4.69) is 37.7 Å². The van der Waals surface area contributed by atoms with Crippen LogP contribution < -0.4 is 0 Å². The van der Waals surface area contributed by atoms with Crippen LogP contribution in [0.4, 0.5) is 0 Å². The maximum absolute atomic E-state index is 2.42. The summed E-state index contributed by atoms with van der Waals surface area (Å²) >= 11 is 0. The summed E-state index contributed by atoms with van der Waals surface area (Å²) in [7, 11) is 4.41. The molecule has 0 amide bonds. The predicted molar refractivity (Wildman–Crippen MR) is 44.2 cm³/mol. The third-order valence-corrected chi connectivity index (χ3v) is 2.61. The zero-order valence-electron chi connectivity index (χ0n) is 7.46. The molecule has 0 aromatic heterocycles. The van der Waals surface area contributed by atoms with Crippen LogP contribution in [0.25, 0.3) is 0 Å². The van der Waals surface area contributed by atoms with Gasteiger partial charge in [0, 0.05) is 25.2 Å². The summed E-state index contributed by atoms with van der Waals surface area (Å²) in [5, 5.41) is 0. The van der Waals surface area contributed by atoms with Crippen molar-refractivity contribution in [2.75, 3.05) is 27.2 Å². The highest BCUT2D eigenvalue weighted by Gasteiger charge is 2.22. The van der Waals surface area contributed by atoms with Crippen molar-refractivity contribution in [2.24, 2.45) is 0 Å². The average Bonchev–Trinajstić information content (AvgIpc) is 1.84. The predicted octanol–water partition coefficient (Wildman–Crippen LogP) is 0.641. The normalized spacial score (nSPS) is 38.4. The van der Waals surface area contributed by atoms with E-state index >= 15 is 0 Å². The van der Waals surface area contributed by atoms with Gasteiger partial charge < -0.3 is 9.80 Å². The van der Waals surface area contributed by atoms with Gasteiger partial charge in [0.15, 0.2) is 0 Å². The first-order valence-electron chi connectivity index (χ1n) is 4.01.